The van der Waals surface area contributed by atoms with Gasteiger partial charge in [-0.05, 0) is 36.6 Å². The molecule has 0 saturated heterocycles. The quantitative estimate of drug-likeness (QED) is 0.847. The van der Waals surface area contributed by atoms with Crippen LogP contribution < -0.4 is 10.1 Å². The first-order chi connectivity index (χ1) is 9.65. The van der Waals surface area contributed by atoms with E-state index in [1.807, 2.05) is 62.4 Å². The molecular weight excluding hydrogens is 250 g/mol. The maximum absolute atomic E-state index is 11.8. The van der Waals surface area contributed by atoms with Gasteiger partial charge in [-0.15, -0.1) is 0 Å². The zero-order valence-corrected chi connectivity index (χ0v) is 11.8. The second kappa shape index (κ2) is 6.75. The minimum Gasteiger partial charge on any atom is -0.473 e. The van der Waals surface area contributed by atoms with Crippen molar-refractivity contribution in [1.29, 1.82) is 0 Å². The van der Waals surface area contributed by atoms with Crippen molar-refractivity contribution in [2.24, 2.45) is 0 Å². The van der Waals surface area contributed by atoms with Gasteiger partial charge >= 0.3 is 0 Å². The van der Waals surface area contributed by atoms with Crippen LogP contribution in [-0.2, 0) is 11.2 Å². The molecule has 3 heteroatoms. The maximum Gasteiger partial charge on any atom is 0.226 e. The van der Waals surface area contributed by atoms with Crippen molar-refractivity contribution in [2.75, 3.05) is 6.73 Å². The summed E-state index contributed by atoms with van der Waals surface area (Å²) in [5.41, 5.74) is 3.20. The molecule has 2 rings (SSSR count). The molecule has 0 unspecified atom stereocenters. The highest BCUT2D eigenvalue weighted by atomic mass is 16.5. The van der Waals surface area contributed by atoms with E-state index in [1.54, 1.807) is 0 Å². The lowest BCUT2D eigenvalue weighted by Gasteiger charge is -2.11. The Morgan fingerprint density at radius 1 is 1.10 bits per heavy atom. The van der Waals surface area contributed by atoms with Crippen LogP contribution in [0.3, 0.4) is 0 Å². The molecule has 0 fully saturated rings. The fraction of sp³-hybridized carbons (Fsp3) is 0.235. The summed E-state index contributed by atoms with van der Waals surface area (Å²) in [4.78, 5) is 11.8. The van der Waals surface area contributed by atoms with Crippen molar-refractivity contribution < 1.29 is 9.53 Å². The SMILES string of the molecule is Cc1ccc(C)c(OCNC(=O)Cc2ccccc2)c1. The summed E-state index contributed by atoms with van der Waals surface area (Å²) in [5.74, 6) is 0.770. The Labute approximate surface area is 119 Å². The number of hydrogen-bond donors (Lipinski definition) is 1. The normalized spacial score (nSPS) is 10.1. The fourth-order valence-electron chi connectivity index (χ4n) is 1.90. The summed E-state index contributed by atoms with van der Waals surface area (Å²) in [5, 5.41) is 2.77. The largest absolute Gasteiger partial charge is 0.473 e. The van der Waals surface area contributed by atoms with E-state index in [9.17, 15) is 4.79 Å². The van der Waals surface area contributed by atoms with Crippen LogP contribution in [0.5, 0.6) is 5.75 Å². The molecule has 1 N–H and O–H groups in total. The molecule has 0 atom stereocenters. The average Bonchev–Trinajstić information content (AvgIpc) is 2.44. The fourth-order valence-corrected chi connectivity index (χ4v) is 1.90. The Bertz CT molecular complexity index is 579. The Morgan fingerprint density at radius 2 is 1.85 bits per heavy atom. The highest BCUT2D eigenvalue weighted by Gasteiger charge is 2.04. The molecule has 0 aliphatic heterocycles. The Morgan fingerprint density at radius 3 is 2.60 bits per heavy atom. The van der Waals surface area contributed by atoms with Crippen molar-refractivity contribution in [1.82, 2.24) is 5.32 Å². The summed E-state index contributed by atoms with van der Waals surface area (Å²) in [7, 11) is 0. The van der Waals surface area contributed by atoms with E-state index in [0.717, 1.165) is 22.4 Å². The van der Waals surface area contributed by atoms with E-state index >= 15 is 0 Å². The van der Waals surface area contributed by atoms with Gasteiger partial charge in [-0.2, -0.15) is 0 Å². The first kappa shape index (κ1) is 14.1. The molecule has 20 heavy (non-hydrogen) atoms. The molecule has 0 saturated carbocycles. The van der Waals surface area contributed by atoms with Gasteiger partial charge in [0.25, 0.3) is 0 Å². The number of rotatable bonds is 5. The lowest BCUT2D eigenvalue weighted by molar-refractivity contribution is -0.121. The van der Waals surface area contributed by atoms with E-state index in [2.05, 4.69) is 5.32 Å². The van der Waals surface area contributed by atoms with Gasteiger partial charge in [0, 0.05) is 0 Å². The van der Waals surface area contributed by atoms with E-state index in [-0.39, 0.29) is 12.6 Å². The second-order valence-electron chi connectivity index (χ2n) is 4.82. The maximum atomic E-state index is 11.8. The zero-order valence-electron chi connectivity index (χ0n) is 11.8. The van der Waals surface area contributed by atoms with Crippen LogP contribution >= 0.6 is 0 Å². The van der Waals surface area contributed by atoms with E-state index in [0.29, 0.717) is 6.42 Å². The minimum absolute atomic E-state index is 0.0403. The summed E-state index contributed by atoms with van der Waals surface area (Å²) in [6.45, 7) is 4.19. The number of nitrogens with one attached hydrogen (secondary N) is 1. The highest BCUT2D eigenvalue weighted by Crippen LogP contribution is 2.18. The standard InChI is InChI=1S/C17H19NO2/c1-13-8-9-14(2)16(10-13)20-12-18-17(19)11-15-6-4-3-5-7-15/h3-10H,11-12H2,1-2H3,(H,18,19). The molecule has 0 aliphatic rings. The molecule has 1 amide bonds. The first-order valence-electron chi connectivity index (χ1n) is 6.66. The number of ether oxygens (including phenoxy) is 1. The summed E-state index contributed by atoms with van der Waals surface area (Å²) in [6, 6.07) is 15.7. The summed E-state index contributed by atoms with van der Waals surface area (Å²) >= 11 is 0. The van der Waals surface area contributed by atoms with Gasteiger partial charge in [0.15, 0.2) is 6.73 Å². The first-order valence-corrected chi connectivity index (χ1v) is 6.66. The molecule has 2 aromatic rings. The van der Waals surface area contributed by atoms with Crippen LogP contribution in [-0.4, -0.2) is 12.6 Å². The average molecular weight is 269 g/mol. The molecule has 0 aliphatic carbocycles. The van der Waals surface area contributed by atoms with Crippen LogP contribution in [0.25, 0.3) is 0 Å². The van der Waals surface area contributed by atoms with Crippen LogP contribution in [0, 0.1) is 13.8 Å². The second-order valence-corrected chi connectivity index (χ2v) is 4.82. The molecule has 0 radical (unpaired) electrons. The number of benzene rings is 2. The molecule has 0 heterocycles. The van der Waals surface area contributed by atoms with Crippen molar-refractivity contribution in [3.63, 3.8) is 0 Å². The van der Waals surface area contributed by atoms with Gasteiger partial charge in [-0.3, -0.25) is 4.79 Å². The molecule has 3 nitrogen and oxygen atoms in total. The predicted octanol–water partition coefficient (Wildman–Crippen LogP) is 3.00. The third-order valence-electron chi connectivity index (χ3n) is 3.05. The van der Waals surface area contributed by atoms with Gasteiger partial charge in [-0.1, -0.05) is 42.5 Å². The number of hydrogen-bond acceptors (Lipinski definition) is 2. The van der Waals surface area contributed by atoms with E-state index < -0.39 is 0 Å². The van der Waals surface area contributed by atoms with Crippen molar-refractivity contribution in [2.45, 2.75) is 20.3 Å². The number of amides is 1. The Hall–Kier alpha value is -2.29. The molecule has 0 spiro atoms. The number of aryl methyl sites for hydroxylation is 2. The lowest BCUT2D eigenvalue weighted by Crippen LogP contribution is -2.29. The Balaban J connectivity index is 1.81. The van der Waals surface area contributed by atoms with Crippen LogP contribution in [0.2, 0.25) is 0 Å². The molecule has 0 bridgehead atoms. The molecule has 2 aromatic carbocycles. The van der Waals surface area contributed by atoms with Crippen LogP contribution in [0.4, 0.5) is 0 Å². The molecule has 0 aromatic heterocycles. The van der Waals surface area contributed by atoms with E-state index in [4.69, 9.17) is 4.74 Å². The third kappa shape index (κ3) is 4.12. The van der Waals surface area contributed by atoms with Gasteiger partial charge in [0.2, 0.25) is 5.91 Å². The van der Waals surface area contributed by atoms with Crippen molar-refractivity contribution >= 4 is 5.91 Å². The van der Waals surface area contributed by atoms with Crippen LogP contribution in [0.15, 0.2) is 48.5 Å². The van der Waals surface area contributed by atoms with Crippen molar-refractivity contribution in [3.8, 4) is 5.75 Å². The monoisotopic (exact) mass is 269 g/mol. The lowest BCUT2D eigenvalue weighted by atomic mass is 10.1. The topological polar surface area (TPSA) is 38.3 Å². The van der Waals surface area contributed by atoms with Crippen LogP contribution in [0.1, 0.15) is 16.7 Å². The molecule has 104 valence electrons. The summed E-state index contributed by atoms with van der Waals surface area (Å²) < 4.78 is 5.59. The number of carbonyl (C=O) groups excluding carboxylic acids is 1. The van der Waals surface area contributed by atoms with Gasteiger partial charge in [0.1, 0.15) is 5.75 Å². The molecular formula is C17H19NO2. The van der Waals surface area contributed by atoms with Crippen molar-refractivity contribution in [3.05, 3.63) is 65.2 Å². The van der Waals surface area contributed by atoms with Gasteiger partial charge in [-0.25, -0.2) is 0 Å². The number of carbonyl (C=O) groups is 1. The smallest absolute Gasteiger partial charge is 0.226 e. The minimum atomic E-state index is -0.0403. The predicted molar refractivity (Wildman–Crippen MR) is 79.7 cm³/mol. The van der Waals surface area contributed by atoms with E-state index in [1.165, 1.54) is 0 Å². The van der Waals surface area contributed by atoms with Gasteiger partial charge in [0.05, 0.1) is 6.42 Å². The summed E-state index contributed by atoms with van der Waals surface area (Å²) in [6.07, 6.45) is 0.372. The van der Waals surface area contributed by atoms with Gasteiger partial charge < -0.3 is 10.1 Å². The Kier molecular flexibility index (Phi) is 4.77. The highest BCUT2D eigenvalue weighted by molar-refractivity contribution is 5.78. The third-order valence-corrected chi connectivity index (χ3v) is 3.05. The zero-order chi connectivity index (χ0) is 14.4.